The standard InChI is InChI=1S/C14H23N3S2/c1-14(2)5-6-17(7-8-18-14)13-16-12(10-3-4-10)11(9-15)19-13/h10H,3-9,15H2,1-2H3. The summed E-state index contributed by atoms with van der Waals surface area (Å²) in [6, 6.07) is 0. The molecule has 0 radical (unpaired) electrons. The molecule has 0 amide bonds. The van der Waals surface area contributed by atoms with E-state index >= 15 is 0 Å². The van der Waals surface area contributed by atoms with Gasteiger partial charge in [-0.1, -0.05) is 13.8 Å². The Kier molecular flexibility index (Phi) is 3.80. The lowest BCUT2D eigenvalue weighted by Crippen LogP contribution is -2.26. The quantitative estimate of drug-likeness (QED) is 0.930. The maximum Gasteiger partial charge on any atom is 0.185 e. The molecule has 1 aromatic rings. The van der Waals surface area contributed by atoms with Crippen LogP contribution < -0.4 is 10.6 Å². The molecule has 0 aromatic carbocycles. The second-order valence-electron chi connectivity index (χ2n) is 6.13. The minimum Gasteiger partial charge on any atom is -0.347 e. The molecule has 1 saturated heterocycles. The van der Waals surface area contributed by atoms with Crippen molar-refractivity contribution in [2.75, 3.05) is 23.7 Å². The monoisotopic (exact) mass is 297 g/mol. The molecule has 5 heteroatoms. The Balaban J connectivity index is 1.78. The Hall–Kier alpha value is -0.260. The first-order valence-electron chi connectivity index (χ1n) is 7.17. The number of rotatable bonds is 3. The Morgan fingerprint density at radius 3 is 2.84 bits per heavy atom. The van der Waals surface area contributed by atoms with Crippen LogP contribution in [-0.2, 0) is 6.54 Å². The summed E-state index contributed by atoms with van der Waals surface area (Å²) in [7, 11) is 0. The molecule has 0 bridgehead atoms. The van der Waals surface area contributed by atoms with Gasteiger partial charge >= 0.3 is 0 Å². The third-order valence-corrected chi connectivity index (χ3v) is 6.50. The zero-order chi connectivity index (χ0) is 13.5. The van der Waals surface area contributed by atoms with Gasteiger partial charge in [0, 0.05) is 40.9 Å². The normalized spacial score (nSPS) is 23.4. The van der Waals surface area contributed by atoms with Gasteiger partial charge in [-0.05, 0) is 19.3 Å². The summed E-state index contributed by atoms with van der Waals surface area (Å²) in [6.07, 6.45) is 3.84. The van der Waals surface area contributed by atoms with Crippen LogP contribution in [0.3, 0.4) is 0 Å². The van der Waals surface area contributed by atoms with Crippen molar-refractivity contribution in [3.63, 3.8) is 0 Å². The largest absolute Gasteiger partial charge is 0.347 e. The Bertz CT molecular complexity index is 452. The number of hydrogen-bond donors (Lipinski definition) is 1. The first kappa shape index (κ1) is 13.7. The summed E-state index contributed by atoms with van der Waals surface area (Å²) >= 11 is 3.91. The molecule has 0 unspecified atom stereocenters. The average Bonchev–Trinajstić information content (AvgIpc) is 3.15. The van der Waals surface area contributed by atoms with Gasteiger partial charge in [0.05, 0.1) is 5.69 Å². The molecule has 1 aliphatic carbocycles. The summed E-state index contributed by atoms with van der Waals surface area (Å²) in [5.41, 5.74) is 7.19. The fourth-order valence-corrected chi connectivity index (χ4v) is 4.70. The molecule has 3 rings (SSSR count). The van der Waals surface area contributed by atoms with E-state index in [9.17, 15) is 0 Å². The van der Waals surface area contributed by atoms with Gasteiger partial charge in [0.2, 0.25) is 0 Å². The van der Waals surface area contributed by atoms with Gasteiger partial charge in [0.25, 0.3) is 0 Å². The summed E-state index contributed by atoms with van der Waals surface area (Å²) < 4.78 is 0.405. The van der Waals surface area contributed by atoms with Crippen LogP contribution >= 0.6 is 23.1 Å². The van der Waals surface area contributed by atoms with E-state index in [4.69, 9.17) is 10.7 Å². The molecule has 2 fully saturated rings. The van der Waals surface area contributed by atoms with Crippen molar-refractivity contribution in [1.82, 2.24) is 4.98 Å². The summed E-state index contributed by atoms with van der Waals surface area (Å²) in [4.78, 5) is 8.69. The number of aromatic nitrogens is 1. The molecule has 0 atom stereocenters. The number of thiazole rings is 1. The molecule has 2 heterocycles. The van der Waals surface area contributed by atoms with Crippen molar-refractivity contribution in [3.8, 4) is 0 Å². The highest BCUT2D eigenvalue weighted by atomic mass is 32.2. The maximum atomic E-state index is 5.88. The highest BCUT2D eigenvalue weighted by Crippen LogP contribution is 2.44. The molecule has 106 valence electrons. The van der Waals surface area contributed by atoms with Gasteiger partial charge in [-0.3, -0.25) is 0 Å². The molecule has 0 spiro atoms. The number of thioether (sulfide) groups is 1. The van der Waals surface area contributed by atoms with E-state index in [-0.39, 0.29) is 0 Å². The van der Waals surface area contributed by atoms with Crippen molar-refractivity contribution >= 4 is 28.2 Å². The first-order valence-corrected chi connectivity index (χ1v) is 8.98. The van der Waals surface area contributed by atoms with Crippen LogP contribution in [-0.4, -0.2) is 28.6 Å². The van der Waals surface area contributed by atoms with Crippen LogP contribution in [0.1, 0.15) is 49.6 Å². The topological polar surface area (TPSA) is 42.2 Å². The van der Waals surface area contributed by atoms with E-state index in [0.29, 0.717) is 17.2 Å². The highest BCUT2D eigenvalue weighted by Gasteiger charge is 2.31. The minimum absolute atomic E-state index is 0.405. The van der Waals surface area contributed by atoms with Gasteiger partial charge < -0.3 is 10.6 Å². The Morgan fingerprint density at radius 2 is 2.16 bits per heavy atom. The zero-order valence-corrected chi connectivity index (χ0v) is 13.4. The SMILES string of the molecule is CC1(C)CCN(c2nc(C3CC3)c(CN)s2)CCS1. The second kappa shape index (κ2) is 5.26. The molecule has 2 N–H and O–H groups in total. The predicted molar refractivity (Wildman–Crippen MR) is 85.3 cm³/mol. The molecule has 3 nitrogen and oxygen atoms in total. The van der Waals surface area contributed by atoms with Crippen LogP contribution in [0.2, 0.25) is 0 Å². The van der Waals surface area contributed by atoms with Gasteiger partial charge in [-0.2, -0.15) is 11.8 Å². The molecule has 1 saturated carbocycles. The average molecular weight is 297 g/mol. The summed E-state index contributed by atoms with van der Waals surface area (Å²) in [5.74, 6) is 1.91. The Morgan fingerprint density at radius 1 is 1.37 bits per heavy atom. The number of anilines is 1. The van der Waals surface area contributed by atoms with Crippen molar-refractivity contribution in [2.45, 2.75) is 50.3 Å². The van der Waals surface area contributed by atoms with Crippen molar-refractivity contribution in [1.29, 1.82) is 0 Å². The second-order valence-corrected chi connectivity index (χ2v) is 8.99. The minimum atomic E-state index is 0.405. The lowest BCUT2D eigenvalue weighted by Gasteiger charge is -2.22. The van der Waals surface area contributed by atoms with Crippen LogP contribution in [0, 0.1) is 0 Å². The molecule has 2 aliphatic rings. The van der Waals surface area contributed by atoms with Crippen LogP contribution in [0.25, 0.3) is 0 Å². The smallest absolute Gasteiger partial charge is 0.185 e. The van der Waals surface area contributed by atoms with Crippen molar-refractivity contribution in [2.24, 2.45) is 5.73 Å². The lowest BCUT2D eigenvalue weighted by molar-refractivity contribution is 0.637. The fraction of sp³-hybridized carbons (Fsp3) is 0.786. The third kappa shape index (κ3) is 3.09. The van der Waals surface area contributed by atoms with Gasteiger partial charge in [0.1, 0.15) is 0 Å². The van der Waals surface area contributed by atoms with Crippen LogP contribution in [0.5, 0.6) is 0 Å². The van der Waals surface area contributed by atoms with E-state index in [1.54, 1.807) is 0 Å². The number of nitrogens with zero attached hydrogens (tertiary/aromatic N) is 2. The van der Waals surface area contributed by atoms with E-state index in [1.807, 2.05) is 11.3 Å². The van der Waals surface area contributed by atoms with Crippen molar-refractivity contribution in [3.05, 3.63) is 10.6 Å². The van der Waals surface area contributed by atoms with E-state index < -0.39 is 0 Å². The zero-order valence-electron chi connectivity index (χ0n) is 11.8. The third-order valence-electron chi connectivity index (χ3n) is 3.97. The van der Waals surface area contributed by atoms with Gasteiger partial charge in [0.15, 0.2) is 5.13 Å². The molecular formula is C14H23N3S2. The highest BCUT2D eigenvalue weighted by molar-refractivity contribution is 8.00. The van der Waals surface area contributed by atoms with Gasteiger partial charge in [-0.15, -0.1) is 11.3 Å². The molecule has 1 aliphatic heterocycles. The van der Waals surface area contributed by atoms with E-state index in [0.717, 1.165) is 13.1 Å². The van der Waals surface area contributed by atoms with Crippen LogP contribution in [0.15, 0.2) is 0 Å². The van der Waals surface area contributed by atoms with Crippen LogP contribution in [0.4, 0.5) is 5.13 Å². The number of nitrogens with two attached hydrogens (primary N) is 1. The molecular weight excluding hydrogens is 274 g/mol. The molecule has 19 heavy (non-hydrogen) atoms. The first-order chi connectivity index (χ1) is 9.09. The van der Waals surface area contributed by atoms with E-state index in [2.05, 4.69) is 30.5 Å². The van der Waals surface area contributed by atoms with Gasteiger partial charge in [-0.25, -0.2) is 4.98 Å². The molecule has 1 aromatic heterocycles. The fourth-order valence-electron chi connectivity index (χ4n) is 2.52. The van der Waals surface area contributed by atoms with Crippen molar-refractivity contribution < 1.29 is 0 Å². The van der Waals surface area contributed by atoms with E-state index in [1.165, 1.54) is 40.7 Å². The number of hydrogen-bond acceptors (Lipinski definition) is 5. The maximum absolute atomic E-state index is 5.88. The predicted octanol–water partition coefficient (Wildman–Crippen LogP) is 3.20. The summed E-state index contributed by atoms with van der Waals surface area (Å²) in [5, 5.41) is 1.21. The Labute approximate surface area is 124 Å². The summed E-state index contributed by atoms with van der Waals surface area (Å²) in [6.45, 7) is 7.60. The lowest BCUT2D eigenvalue weighted by atomic mass is 10.1.